The fourth-order valence-corrected chi connectivity index (χ4v) is 1.79. The lowest BCUT2D eigenvalue weighted by molar-refractivity contribution is -0.134. The van der Waals surface area contributed by atoms with Crippen LogP contribution < -0.4 is 5.73 Å². The van der Waals surface area contributed by atoms with Crippen molar-refractivity contribution in [3.8, 4) is 0 Å². The predicted octanol–water partition coefficient (Wildman–Crippen LogP) is -0.112. The summed E-state index contributed by atoms with van der Waals surface area (Å²) in [6.45, 7) is 5.20. The van der Waals surface area contributed by atoms with Crippen molar-refractivity contribution in [1.29, 1.82) is 0 Å². The number of carbonyl (C=O) groups is 1. The molecule has 1 atom stereocenters. The van der Waals surface area contributed by atoms with Crippen LogP contribution in [-0.2, 0) is 4.79 Å². The summed E-state index contributed by atoms with van der Waals surface area (Å²) < 4.78 is 0. The average Bonchev–Trinajstić information content (AvgIpc) is 2.68. The van der Waals surface area contributed by atoms with Gasteiger partial charge in [-0.05, 0) is 26.8 Å². The molecule has 1 saturated heterocycles. The number of hydrogen-bond acceptors (Lipinski definition) is 3. The van der Waals surface area contributed by atoms with Gasteiger partial charge < -0.3 is 10.6 Å². The normalized spacial score (nSPS) is 19.0. The van der Waals surface area contributed by atoms with Gasteiger partial charge in [-0.1, -0.05) is 0 Å². The molecule has 0 spiro atoms. The van der Waals surface area contributed by atoms with Crippen molar-refractivity contribution < 1.29 is 4.79 Å². The Balaban J connectivity index is 2.42. The molecule has 1 fully saturated rings. The Morgan fingerprint density at radius 2 is 2.07 bits per heavy atom. The standard InChI is InChI=1S/C10H21N3O/c1-9(12(2)8-5-11)10(14)13-6-3-4-7-13/h9H,3-8,11H2,1-2H3. The number of hydrogen-bond donors (Lipinski definition) is 1. The minimum atomic E-state index is -0.0309. The number of amides is 1. The molecule has 0 bridgehead atoms. The number of nitrogens with zero attached hydrogens (tertiary/aromatic N) is 2. The number of carbonyl (C=O) groups excluding carboxylic acids is 1. The van der Waals surface area contributed by atoms with Gasteiger partial charge in [-0.3, -0.25) is 9.69 Å². The first kappa shape index (κ1) is 11.5. The zero-order valence-electron chi connectivity index (χ0n) is 9.20. The first-order valence-electron chi connectivity index (χ1n) is 5.36. The Bertz CT molecular complexity index is 190. The molecule has 82 valence electrons. The van der Waals surface area contributed by atoms with E-state index in [1.807, 2.05) is 23.8 Å². The minimum absolute atomic E-state index is 0.0309. The molecule has 14 heavy (non-hydrogen) atoms. The zero-order chi connectivity index (χ0) is 10.6. The molecule has 4 heteroatoms. The highest BCUT2D eigenvalue weighted by Crippen LogP contribution is 2.10. The molecule has 1 heterocycles. The van der Waals surface area contributed by atoms with E-state index in [1.54, 1.807) is 0 Å². The van der Waals surface area contributed by atoms with E-state index in [4.69, 9.17) is 5.73 Å². The van der Waals surface area contributed by atoms with Gasteiger partial charge in [0.15, 0.2) is 0 Å². The molecule has 1 amide bonds. The molecule has 1 aliphatic rings. The summed E-state index contributed by atoms with van der Waals surface area (Å²) in [5.74, 6) is 0.249. The van der Waals surface area contributed by atoms with Gasteiger partial charge in [-0.2, -0.15) is 0 Å². The molecule has 0 aromatic carbocycles. The second kappa shape index (κ2) is 5.32. The van der Waals surface area contributed by atoms with Crippen LogP contribution in [0.25, 0.3) is 0 Å². The summed E-state index contributed by atoms with van der Waals surface area (Å²) in [4.78, 5) is 15.9. The molecule has 0 radical (unpaired) electrons. The van der Waals surface area contributed by atoms with Crippen molar-refractivity contribution in [2.24, 2.45) is 5.73 Å². The molecule has 1 unspecified atom stereocenters. The van der Waals surface area contributed by atoms with Crippen molar-refractivity contribution in [2.75, 3.05) is 33.2 Å². The topological polar surface area (TPSA) is 49.6 Å². The molecular weight excluding hydrogens is 178 g/mol. The monoisotopic (exact) mass is 199 g/mol. The van der Waals surface area contributed by atoms with Crippen LogP contribution in [0, 0.1) is 0 Å². The largest absolute Gasteiger partial charge is 0.341 e. The van der Waals surface area contributed by atoms with Crippen LogP contribution >= 0.6 is 0 Å². The third-order valence-corrected chi connectivity index (χ3v) is 2.92. The second-order valence-electron chi connectivity index (χ2n) is 3.98. The SMILES string of the molecule is CC(C(=O)N1CCCC1)N(C)CCN. The highest BCUT2D eigenvalue weighted by atomic mass is 16.2. The quantitative estimate of drug-likeness (QED) is 0.687. The van der Waals surface area contributed by atoms with E-state index >= 15 is 0 Å². The van der Waals surface area contributed by atoms with E-state index in [0.29, 0.717) is 6.54 Å². The number of likely N-dealkylation sites (tertiary alicyclic amines) is 1. The van der Waals surface area contributed by atoms with Crippen molar-refractivity contribution in [3.63, 3.8) is 0 Å². The molecule has 1 aliphatic heterocycles. The Morgan fingerprint density at radius 3 is 2.57 bits per heavy atom. The molecule has 1 rings (SSSR count). The first-order valence-corrected chi connectivity index (χ1v) is 5.36. The Morgan fingerprint density at radius 1 is 1.50 bits per heavy atom. The van der Waals surface area contributed by atoms with Gasteiger partial charge >= 0.3 is 0 Å². The Hall–Kier alpha value is -0.610. The molecule has 0 aromatic rings. The summed E-state index contributed by atoms with van der Waals surface area (Å²) in [5.41, 5.74) is 5.45. The predicted molar refractivity (Wildman–Crippen MR) is 57.0 cm³/mol. The summed E-state index contributed by atoms with van der Waals surface area (Å²) in [6, 6.07) is -0.0309. The third-order valence-electron chi connectivity index (χ3n) is 2.92. The van der Waals surface area contributed by atoms with Crippen molar-refractivity contribution >= 4 is 5.91 Å². The smallest absolute Gasteiger partial charge is 0.239 e. The van der Waals surface area contributed by atoms with Gasteiger partial charge in [0.25, 0.3) is 0 Å². The van der Waals surface area contributed by atoms with Crippen LogP contribution in [0.15, 0.2) is 0 Å². The molecule has 4 nitrogen and oxygen atoms in total. The maximum absolute atomic E-state index is 11.9. The Kier molecular flexibility index (Phi) is 4.35. The van der Waals surface area contributed by atoms with E-state index in [-0.39, 0.29) is 11.9 Å². The van der Waals surface area contributed by atoms with Crippen LogP contribution in [0.4, 0.5) is 0 Å². The van der Waals surface area contributed by atoms with E-state index in [9.17, 15) is 4.79 Å². The van der Waals surface area contributed by atoms with Crippen molar-refractivity contribution in [3.05, 3.63) is 0 Å². The van der Waals surface area contributed by atoms with Gasteiger partial charge in [0.05, 0.1) is 6.04 Å². The lowest BCUT2D eigenvalue weighted by Crippen LogP contribution is -2.45. The van der Waals surface area contributed by atoms with Crippen LogP contribution in [0.3, 0.4) is 0 Å². The zero-order valence-corrected chi connectivity index (χ0v) is 9.20. The highest BCUT2D eigenvalue weighted by molar-refractivity contribution is 5.81. The van der Waals surface area contributed by atoms with Crippen molar-refractivity contribution in [2.45, 2.75) is 25.8 Å². The maximum atomic E-state index is 11.9. The van der Waals surface area contributed by atoms with Gasteiger partial charge in [-0.25, -0.2) is 0 Å². The number of likely N-dealkylation sites (N-methyl/N-ethyl adjacent to an activating group) is 1. The third kappa shape index (κ3) is 2.69. The average molecular weight is 199 g/mol. The molecule has 0 aromatic heterocycles. The van der Waals surface area contributed by atoms with E-state index in [1.165, 1.54) is 0 Å². The lowest BCUT2D eigenvalue weighted by Gasteiger charge is -2.27. The number of nitrogens with two attached hydrogens (primary N) is 1. The van der Waals surface area contributed by atoms with Crippen molar-refractivity contribution in [1.82, 2.24) is 9.80 Å². The van der Waals surface area contributed by atoms with Crippen LogP contribution in [0.2, 0.25) is 0 Å². The van der Waals surface area contributed by atoms with Gasteiger partial charge in [0.2, 0.25) is 5.91 Å². The summed E-state index contributed by atoms with van der Waals surface area (Å²) in [5, 5.41) is 0. The molecular formula is C10H21N3O. The summed E-state index contributed by atoms with van der Waals surface area (Å²) in [7, 11) is 1.95. The van der Waals surface area contributed by atoms with E-state index in [2.05, 4.69) is 0 Å². The molecule has 2 N–H and O–H groups in total. The summed E-state index contributed by atoms with van der Waals surface area (Å²) in [6.07, 6.45) is 2.30. The van der Waals surface area contributed by atoms with Gasteiger partial charge in [-0.15, -0.1) is 0 Å². The fraction of sp³-hybridized carbons (Fsp3) is 0.900. The van der Waals surface area contributed by atoms with E-state index < -0.39 is 0 Å². The minimum Gasteiger partial charge on any atom is -0.341 e. The summed E-state index contributed by atoms with van der Waals surface area (Å²) >= 11 is 0. The fourth-order valence-electron chi connectivity index (χ4n) is 1.79. The van der Waals surface area contributed by atoms with E-state index in [0.717, 1.165) is 32.5 Å². The number of rotatable bonds is 4. The maximum Gasteiger partial charge on any atom is 0.239 e. The lowest BCUT2D eigenvalue weighted by atomic mass is 10.2. The first-order chi connectivity index (χ1) is 6.66. The van der Waals surface area contributed by atoms with Gasteiger partial charge in [0.1, 0.15) is 0 Å². The van der Waals surface area contributed by atoms with Crippen LogP contribution in [0.5, 0.6) is 0 Å². The molecule has 0 aliphatic carbocycles. The van der Waals surface area contributed by atoms with Crippen LogP contribution in [0.1, 0.15) is 19.8 Å². The second-order valence-corrected chi connectivity index (χ2v) is 3.98. The molecule has 0 saturated carbocycles. The van der Waals surface area contributed by atoms with Crippen LogP contribution in [-0.4, -0.2) is 55.0 Å². The Labute approximate surface area is 86.0 Å². The van der Waals surface area contributed by atoms with Gasteiger partial charge in [0, 0.05) is 26.2 Å². The highest BCUT2D eigenvalue weighted by Gasteiger charge is 2.25.